The summed E-state index contributed by atoms with van der Waals surface area (Å²) >= 11 is 1.77. The van der Waals surface area contributed by atoms with E-state index in [0.29, 0.717) is 6.54 Å². The quantitative estimate of drug-likeness (QED) is 0.578. The van der Waals surface area contributed by atoms with E-state index in [1.807, 2.05) is 0 Å². The van der Waals surface area contributed by atoms with Gasteiger partial charge in [-0.2, -0.15) is 0 Å². The number of hydrogen-bond acceptors (Lipinski definition) is 4. The average molecular weight is 214 g/mol. The summed E-state index contributed by atoms with van der Waals surface area (Å²) in [5.41, 5.74) is 5.56. The SMILES string of the molecule is CCCCSc1nnc(CN)n1CC. The van der Waals surface area contributed by atoms with Crippen molar-refractivity contribution < 1.29 is 0 Å². The summed E-state index contributed by atoms with van der Waals surface area (Å²) in [6.45, 7) is 5.64. The van der Waals surface area contributed by atoms with Crippen molar-refractivity contribution in [1.82, 2.24) is 14.8 Å². The number of unbranched alkanes of at least 4 members (excludes halogenated alkanes) is 1. The van der Waals surface area contributed by atoms with Crippen molar-refractivity contribution in [2.45, 2.75) is 44.9 Å². The fraction of sp³-hybridized carbons (Fsp3) is 0.778. The largest absolute Gasteiger partial charge is 0.324 e. The van der Waals surface area contributed by atoms with E-state index in [1.165, 1.54) is 12.8 Å². The van der Waals surface area contributed by atoms with Gasteiger partial charge in [0.2, 0.25) is 0 Å². The Morgan fingerprint density at radius 3 is 2.71 bits per heavy atom. The molecule has 0 aromatic carbocycles. The number of rotatable bonds is 6. The number of thioether (sulfide) groups is 1. The lowest BCUT2D eigenvalue weighted by Crippen LogP contribution is -2.08. The van der Waals surface area contributed by atoms with Crippen LogP contribution < -0.4 is 5.73 Å². The number of nitrogens with two attached hydrogens (primary N) is 1. The molecule has 0 spiro atoms. The second-order valence-corrected chi connectivity index (χ2v) is 4.11. The molecule has 1 rings (SSSR count). The molecule has 0 fully saturated rings. The van der Waals surface area contributed by atoms with Crippen LogP contribution in [0.2, 0.25) is 0 Å². The molecule has 0 saturated heterocycles. The van der Waals surface area contributed by atoms with Crippen LogP contribution in [-0.2, 0) is 13.1 Å². The first-order valence-corrected chi connectivity index (χ1v) is 6.07. The van der Waals surface area contributed by atoms with Gasteiger partial charge >= 0.3 is 0 Å². The molecule has 0 aliphatic rings. The van der Waals surface area contributed by atoms with Crippen LogP contribution in [0.4, 0.5) is 0 Å². The summed E-state index contributed by atoms with van der Waals surface area (Å²) in [6.07, 6.45) is 2.44. The van der Waals surface area contributed by atoms with Crippen LogP contribution in [0.15, 0.2) is 5.16 Å². The Hall–Kier alpha value is -0.550. The van der Waals surface area contributed by atoms with Crippen molar-refractivity contribution in [3.05, 3.63) is 5.82 Å². The lowest BCUT2D eigenvalue weighted by Gasteiger charge is -2.04. The number of hydrogen-bond donors (Lipinski definition) is 1. The smallest absolute Gasteiger partial charge is 0.191 e. The van der Waals surface area contributed by atoms with Crippen LogP contribution in [0.25, 0.3) is 0 Å². The standard InChI is InChI=1S/C9H18N4S/c1-3-5-6-14-9-12-11-8(7-10)13(9)4-2/h3-7,10H2,1-2H3. The molecule has 4 nitrogen and oxygen atoms in total. The zero-order valence-corrected chi connectivity index (χ0v) is 9.68. The highest BCUT2D eigenvalue weighted by atomic mass is 32.2. The lowest BCUT2D eigenvalue weighted by molar-refractivity contribution is 0.642. The summed E-state index contributed by atoms with van der Waals surface area (Å²) in [5, 5.41) is 9.18. The molecule has 2 N–H and O–H groups in total. The molecular formula is C9H18N4S. The van der Waals surface area contributed by atoms with E-state index in [9.17, 15) is 0 Å². The van der Waals surface area contributed by atoms with E-state index < -0.39 is 0 Å². The monoisotopic (exact) mass is 214 g/mol. The van der Waals surface area contributed by atoms with Crippen LogP contribution in [0.5, 0.6) is 0 Å². The first kappa shape index (κ1) is 11.5. The Bertz CT molecular complexity index is 272. The molecule has 0 aliphatic heterocycles. The Morgan fingerprint density at radius 1 is 1.36 bits per heavy atom. The second kappa shape index (κ2) is 6.03. The summed E-state index contributed by atoms with van der Waals surface area (Å²) < 4.78 is 2.08. The van der Waals surface area contributed by atoms with Gasteiger partial charge < -0.3 is 10.3 Å². The second-order valence-electron chi connectivity index (χ2n) is 3.05. The van der Waals surface area contributed by atoms with Gasteiger partial charge in [-0.15, -0.1) is 10.2 Å². The highest BCUT2D eigenvalue weighted by Crippen LogP contribution is 2.18. The third-order valence-electron chi connectivity index (χ3n) is 2.02. The molecule has 1 aromatic heterocycles. The Balaban J connectivity index is 2.61. The topological polar surface area (TPSA) is 56.7 Å². The van der Waals surface area contributed by atoms with Gasteiger partial charge in [-0.25, -0.2) is 0 Å². The molecular weight excluding hydrogens is 196 g/mol. The summed E-state index contributed by atoms with van der Waals surface area (Å²) in [7, 11) is 0. The van der Waals surface area contributed by atoms with Crippen LogP contribution in [-0.4, -0.2) is 20.5 Å². The maximum absolute atomic E-state index is 5.56. The molecule has 14 heavy (non-hydrogen) atoms. The van der Waals surface area contributed by atoms with Gasteiger partial charge in [0.25, 0.3) is 0 Å². The molecule has 0 saturated carbocycles. The van der Waals surface area contributed by atoms with Gasteiger partial charge in [0.1, 0.15) is 5.82 Å². The van der Waals surface area contributed by atoms with Gasteiger partial charge in [0.05, 0.1) is 6.54 Å². The van der Waals surface area contributed by atoms with Crippen LogP contribution in [0.3, 0.4) is 0 Å². The van der Waals surface area contributed by atoms with Crippen LogP contribution in [0.1, 0.15) is 32.5 Å². The van der Waals surface area contributed by atoms with Crippen LogP contribution in [0, 0.1) is 0 Å². The van der Waals surface area contributed by atoms with E-state index in [1.54, 1.807) is 11.8 Å². The van der Waals surface area contributed by atoms with Crippen molar-refractivity contribution >= 4 is 11.8 Å². The maximum Gasteiger partial charge on any atom is 0.191 e. The zero-order valence-electron chi connectivity index (χ0n) is 8.86. The van der Waals surface area contributed by atoms with Crippen molar-refractivity contribution in [3.63, 3.8) is 0 Å². The van der Waals surface area contributed by atoms with Crippen molar-refractivity contribution in [2.75, 3.05) is 5.75 Å². The molecule has 0 amide bonds. The van der Waals surface area contributed by atoms with Gasteiger partial charge in [-0.3, -0.25) is 0 Å². The van der Waals surface area contributed by atoms with Crippen molar-refractivity contribution in [2.24, 2.45) is 5.73 Å². The fourth-order valence-corrected chi connectivity index (χ4v) is 2.31. The van der Waals surface area contributed by atoms with E-state index in [0.717, 1.165) is 23.3 Å². The first-order chi connectivity index (χ1) is 6.83. The molecule has 0 unspecified atom stereocenters. The Morgan fingerprint density at radius 2 is 2.14 bits per heavy atom. The average Bonchev–Trinajstić information content (AvgIpc) is 2.60. The number of aromatic nitrogens is 3. The van der Waals surface area contributed by atoms with Gasteiger partial charge in [-0.1, -0.05) is 25.1 Å². The van der Waals surface area contributed by atoms with E-state index in [4.69, 9.17) is 5.73 Å². The van der Waals surface area contributed by atoms with Gasteiger partial charge in [0, 0.05) is 12.3 Å². The predicted molar refractivity (Wildman–Crippen MR) is 59.2 cm³/mol. The zero-order chi connectivity index (χ0) is 10.4. The molecule has 0 atom stereocenters. The Kier molecular flexibility index (Phi) is 4.97. The molecule has 1 aromatic rings. The third kappa shape index (κ3) is 2.72. The van der Waals surface area contributed by atoms with Gasteiger partial charge in [0.15, 0.2) is 5.16 Å². The summed E-state index contributed by atoms with van der Waals surface area (Å²) in [6, 6.07) is 0. The van der Waals surface area contributed by atoms with Crippen molar-refractivity contribution in [3.8, 4) is 0 Å². The number of nitrogens with zero attached hydrogens (tertiary/aromatic N) is 3. The highest BCUT2D eigenvalue weighted by molar-refractivity contribution is 7.99. The normalized spacial score (nSPS) is 10.8. The lowest BCUT2D eigenvalue weighted by atomic mass is 10.4. The minimum atomic E-state index is 0.467. The molecule has 80 valence electrons. The molecule has 1 heterocycles. The minimum Gasteiger partial charge on any atom is -0.324 e. The maximum atomic E-state index is 5.56. The first-order valence-electron chi connectivity index (χ1n) is 5.08. The van der Waals surface area contributed by atoms with Crippen LogP contribution >= 0.6 is 11.8 Å². The summed E-state index contributed by atoms with van der Waals surface area (Å²) in [5.74, 6) is 1.99. The molecule has 0 aliphatic carbocycles. The predicted octanol–water partition coefficient (Wildman–Crippen LogP) is 1.65. The summed E-state index contributed by atoms with van der Waals surface area (Å²) in [4.78, 5) is 0. The molecule has 5 heteroatoms. The minimum absolute atomic E-state index is 0.467. The highest BCUT2D eigenvalue weighted by Gasteiger charge is 2.08. The van der Waals surface area contributed by atoms with E-state index >= 15 is 0 Å². The Labute approximate surface area is 89.3 Å². The fourth-order valence-electron chi connectivity index (χ4n) is 1.20. The third-order valence-corrected chi connectivity index (χ3v) is 3.07. The van der Waals surface area contributed by atoms with E-state index in [2.05, 4.69) is 28.6 Å². The van der Waals surface area contributed by atoms with E-state index in [-0.39, 0.29) is 0 Å². The molecule has 0 radical (unpaired) electrons. The van der Waals surface area contributed by atoms with Gasteiger partial charge in [-0.05, 0) is 13.3 Å². The van der Waals surface area contributed by atoms with Crippen molar-refractivity contribution in [1.29, 1.82) is 0 Å². The molecule has 0 bridgehead atoms.